The number of ether oxygens (including phenoxy) is 12. The summed E-state index contributed by atoms with van der Waals surface area (Å²) in [6.45, 7) is 8.89. The highest BCUT2D eigenvalue weighted by Gasteiger charge is 2.51. The number of carbonyl (C=O) groups excluding carboxylic acids is 3. The van der Waals surface area contributed by atoms with E-state index in [1.165, 1.54) is 11.8 Å². The number of aliphatic hydroxyl groups excluding tert-OH is 9. The van der Waals surface area contributed by atoms with Crippen LogP contribution in [0.15, 0.2) is 42.0 Å². The predicted molar refractivity (Wildman–Crippen MR) is 348 cm³/mol. The first-order valence-electron chi connectivity index (χ1n) is 33.1. The number of thioether (sulfide) groups is 1. The van der Waals surface area contributed by atoms with Crippen LogP contribution in [0.25, 0.3) is 5.70 Å². The van der Waals surface area contributed by atoms with Crippen LogP contribution >= 0.6 is 11.8 Å². The Balaban J connectivity index is 0.892. The third-order valence-electron chi connectivity index (χ3n) is 17.2. The summed E-state index contributed by atoms with van der Waals surface area (Å²) in [5, 5.41) is 112. The second-order valence-corrected chi connectivity index (χ2v) is 26.5. The Bertz CT molecular complexity index is 2840. The van der Waals surface area contributed by atoms with Gasteiger partial charge in [-0.05, 0) is 69.7 Å². The number of aromatic nitrogens is 1. The van der Waals surface area contributed by atoms with Crippen LogP contribution in [-0.2, 0) is 84.1 Å². The average Bonchev–Trinajstić information content (AvgIpc) is 1.40. The standard InChI is InChI=1S/C64H101N7O26S/c1-6-64(4,5)71-40(58(84)67-15-17-86-19-20-87-59(85)39(13-14-53(81)82)70-57(83)36-10-7-35(8-11-36)9-12-37-25-68-56(69-34(3)66)54(37)33(2)65)31-98-32-52-47(93-61-42(78)22-41(77)48(26-73)95-61)24-44(80)62(97-52)92-46-23-43(79)60(96-50(46)28-75)90-30-51-55(91-51)63(88-18-16-72)94-45-21-38(76)29-89-49(45)27-74/h7-8,10-11,25,38-52,55,60-63,68,71-80H,2,6,9,12-24,26-32,65H2,1,3-5H3,(H2,66,69)(H,67,84)(H,70,83)(H,81,82)/t38?,39-,40+,41-,42?,43?,44?,45-,46-,47-,48?,49?,50?,51?,52?,55?,60-,61+,62+,63+/m0/s1. The van der Waals surface area contributed by atoms with Gasteiger partial charge in [0.1, 0.15) is 67.3 Å². The molecular weight excluding hydrogens is 1310 g/mol. The largest absolute Gasteiger partial charge is 0.481 e. The normalized spacial score (nSPS) is 30.1. The van der Waals surface area contributed by atoms with Crippen LogP contribution in [0.1, 0.15) is 99.7 Å². The Morgan fingerprint density at radius 2 is 1.45 bits per heavy atom. The van der Waals surface area contributed by atoms with Crippen LogP contribution in [0.4, 0.5) is 5.82 Å². The Kier molecular flexibility index (Phi) is 32.2. The van der Waals surface area contributed by atoms with Crippen LogP contribution < -0.4 is 27.4 Å². The van der Waals surface area contributed by atoms with Crippen molar-refractivity contribution in [3.63, 3.8) is 0 Å². The van der Waals surface area contributed by atoms with E-state index < -0.39 is 166 Å². The molecule has 6 heterocycles. The minimum Gasteiger partial charge on any atom is -0.481 e. The molecule has 34 heteroatoms. The number of hydrogen-bond acceptors (Lipinski definition) is 29. The van der Waals surface area contributed by atoms with Crippen molar-refractivity contribution in [3.8, 4) is 0 Å². The second kappa shape index (κ2) is 39.4. The Morgan fingerprint density at radius 1 is 0.786 bits per heavy atom. The highest BCUT2D eigenvalue weighted by Crippen LogP contribution is 2.36. The van der Waals surface area contributed by atoms with Crippen molar-refractivity contribution in [2.75, 3.05) is 84.1 Å². The molecule has 0 aliphatic carbocycles. The number of nitrogens with zero attached hydrogens (tertiary/aromatic N) is 1. The van der Waals surface area contributed by atoms with E-state index in [0.717, 1.165) is 11.1 Å². The number of nitrogens with one attached hydrogen (secondary N) is 4. The number of carboxylic acids is 1. The fraction of sp³-hybridized carbons (Fsp3) is 0.734. The van der Waals surface area contributed by atoms with Crippen LogP contribution in [0.5, 0.6) is 0 Å². The van der Waals surface area contributed by atoms with Gasteiger partial charge in [0.15, 0.2) is 25.2 Å². The van der Waals surface area contributed by atoms with Crippen molar-refractivity contribution in [2.45, 2.75) is 214 Å². The summed E-state index contributed by atoms with van der Waals surface area (Å²) >= 11 is 1.29. The van der Waals surface area contributed by atoms with Crippen molar-refractivity contribution in [1.29, 1.82) is 0 Å². The van der Waals surface area contributed by atoms with E-state index in [4.69, 9.17) is 68.3 Å². The quantitative estimate of drug-likeness (QED) is 0.00814. The van der Waals surface area contributed by atoms with E-state index in [2.05, 4.69) is 32.5 Å². The lowest BCUT2D eigenvalue weighted by molar-refractivity contribution is -0.343. The molecule has 7 rings (SSSR count). The molecule has 554 valence electrons. The maximum absolute atomic E-state index is 14.0. The molecule has 0 bridgehead atoms. The molecule has 5 fully saturated rings. The number of epoxide rings is 1. The first-order valence-corrected chi connectivity index (χ1v) is 34.2. The summed E-state index contributed by atoms with van der Waals surface area (Å²) in [4.78, 5) is 59.4. The van der Waals surface area contributed by atoms with Crippen LogP contribution in [0.2, 0.25) is 0 Å². The second-order valence-electron chi connectivity index (χ2n) is 25.4. The number of esters is 1. The Labute approximate surface area is 572 Å². The fourth-order valence-corrected chi connectivity index (χ4v) is 12.6. The zero-order valence-electron chi connectivity index (χ0n) is 55.7. The molecule has 10 unspecified atom stereocenters. The zero-order valence-corrected chi connectivity index (χ0v) is 56.5. The van der Waals surface area contributed by atoms with Crippen LogP contribution in [0.3, 0.4) is 0 Å². The topological polar surface area (TPSA) is 501 Å². The van der Waals surface area contributed by atoms with Crippen molar-refractivity contribution in [1.82, 2.24) is 20.9 Å². The Hall–Kier alpha value is -5.10. The van der Waals surface area contributed by atoms with Gasteiger partial charge in [-0.25, -0.2) is 9.79 Å². The summed E-state index contributed by atoms with van der Waals surface area (Å²) in [6, 6.07) is 4.61. The number of hydrogen-bond donors (Lipinski definition) is 16. The number of carboxylic acid groups (broad SMARTS) is 1. The summed E-state index contributed by atoms with van der Waals surface area (Å²) in [5.41, 5.74) is 14.3. The Morgan fingerprint density at radius 3 is 2.10 bits per heavy atom. The third-order valence-corrected chi connectivity index (χ3v) is 18.3. The van der Waals surface area contributed by atoms with Gasteiger partial charge in [-0.1, -0.05) is 25.6 Å². The van der Waals surface area contributed by atoms with Gasteiger partial charge in [-0.15, -0.1) is 0 Å². The van der Waals surface area contributed by atoms with Gasteiger partial charge >= 0.3 is 11.9 Å². The molecule has 20 atom stereocenters. The summed E-state index contributed by atoms with van der Waals surface area (Å²) in [5.74, 6) is -1.95. The number of aliphatic imine (C=N–C) groups is 1. The number of aliphatic hydroxyl groups is 9. The molecular formula is C64H101N7O26S. The number of amides is 2. The van der Waals surface area contributed by atoms with Gasteiger partial charge in [0, 0.05) is 78.7 Å². The summed E-state index contributed by atoms with van der Waals surface area (Å²) in [7, 11) is 0. The number of H-pyrrole nitrogens is 1. The van der Waals surface area contributed by atoms with Gasteiger partial charge in [0.2, 0.25) is 5.91 Å². The molecule has 1 aromatic heterocycles. The number of aryl methyl sites for hydroxylation is 2. The van der Waals surface area contributed by atoms with Crippen molar-refractivity contribution in [3.05, 3.63) is 59.3 Å². The van der Waals surface area contributed by atoms with Gasteiger partial charge < -0.3 is 140 Å². The van der Waals surface area contributed by atoms with E-state index in [9.17, 15) is 70.2 Å². The number of benzene rings is 1. The SMILES string of the molecule is C=C(N)c1c(CCc2ccc(C(=O)N[C@@H](CCC(=O)O)C(=O)OCCOCCNC(=O)[C@@H](CSCC3O[C@@H](O[C@H]4CC(O)[C@@H](OCC5OC5[C@H](OCCO)O[C@H]5CC(O)COC5CO)OC4CO)C(O)C[C@@H]3O[C@@H]3OC(CO)[C@@H](O)CC3O)NC(C)(C)CC)cc2)c[nH]c1N=C(C)N. The first kappa shape index (κ1) is 80.2. The molecule has 18 N–H and O–H groups in total. The third kappa shape index (κ3) is 24.3. The van der Waals surface area contributed by atoms with Crippen LogP contribution in [-0.4, -0.2) is 298 Å². The van der Waals surface area contributed by atoms with Crippen molar-refractivity contribution < 1.29 is 127 Å². The molecule has 5 saturated heterocycles. The summed E-state index contributed by atoms with van der Waals surface area (Å²) < 4.78 is 70.7. The number of aliphatic carboxylic acids is 1. The minimum absolute atomic E-state index is 0.00358. The number of carbonyl (C=O) groups is 4. The smallest absolute Gasteiger partial charge is 0.328 e. The first-order chi connectivity index (χ1) is 46.8. The fourth-order valence-electron chi connectivity index (χ4n) is 11.4. The molecule has 5 aliphatic rings. The lowest BCUT2D eigenvalue weighted by atomic mass is 10.00. The molecule has 0 spiro atoms. The van der Waals surface area contributed by atoms with Gasteiger partial charge in [0.05, 0.1) is 108 Å². The van der Waals surface area contributed by atoms with E-state index >= 15 is 0 Å². The monoisotopic (exact) mass is 1420 g/mol. The zero-order chi connectivity index (χ0) is 71.2. The maximum atomic E-state index is 14.0. The maximum Gasteiger partial charge on any atom is 0.328 e. The van der Waals surface area contributed by atoms with E-state index in [0.29, 0.717) is 42.2 Å². The lowest BCUT2D eigenvalue weighted by Gasteiger charge is -2.45. The van der Waals surface area contributed by atoms with Gasteiger partial charge in [0.25, 0.3) is 5.91 Å². The number of amidine groups is 1. The average molecular weight is 1420 g/mol. The molecule has 98 heavy (non-hydrogen) atoms. The van der Waals surface area contributed by atoms with E-state index in [1.807, 2.05) is 20.8 Å². The molecule has 33 nitrogen and oxygen atoms in total. The minimum atomic E-state index is -1.40. The predicted octanol–water partition coefficient (Wildman–Crippen LogP) is -2.55. The molecule has 0 saturated carbocycles. The lowest BCUT2D eigenvalue weighted by Crippen LogP contribution is -2.58. The van der Waals surface area contributed by atoms with Gasteiger partial charge in [-0.3, -0.25) is 14.4 Å². The molecule has 1 aromatic carbocycles. The van der Waals surface area contributed by atoms with Crippen molar-refractivity contribution >= 4 is 52.9 Å². The highest BCUT2D eigenvalue weighted by molar-refractivity contribution is 7.99. The van der Waals surface area contributed by atoms with Crippen LogP contribution in [0, 0.1) is 0 Å². The number of rotatable bonds is 41. The number of nitrogens with two attached hydrogens (primary N) is 2. The number of aromatic amines is 1. The molecule has 2 amide bonds. The van der Waals surface area contributed by atoms with E-state index in [1.54, 1.807) is 37.4 Å². The molecule has 2 aromatic rings. The highest BCUT2D eigenvalue weighted by atomic mass is 32.2. The van der Waals surface area contributed by atoms with Crippen molar-refractivity contribution in [2.24, 2.45) is 16.5 Å². The van der Waals surface area contributed by atoms with E-state index in [-0.39, 0.29) is 114 Å². The molecule has 0 radical (unpaired) electrons. The summed E-state index contributed by atoms with van der Waals surface area (Å²) in [6.07, 6.45) is -16.7. The van der Waals surface area contributed by atoms with Gasteiger partial charge in [-0.2, -0.15) is 11.8 Å². The molecule has 5 aliphatic heterocycles.